The maximum Gasteiger partial charge on any atom is 0.280 e. The first-order valence-corrected chi connectivity index (χ1v) is 9.74. The third kappa shape index (κ3) is 4.72. The second kappa shape index (κ2) is 9.71. The fraction of sp³-hybridized carbons (Fsp3) is 0.524. The number of benzene rings is 1. The third-order valence-electron chi connectivity index (χ3n) is 5.17. The quantitative estimate of drug-likeness (QED) is 0.617. The van der Waals surface area contributed by atoms with Gasteiger partial charge in [-0.15, -0.1) is 0 Å². The molecule has 1 fully saturated rings. The average molecular weight is 387 g/mol. The Balaban J connectivity index is 1.64. The Morgan fingerprint density at radius 3 is 2.64 bits per heavy atom. The van der Waals surface area contributed by atoms with Gasteiger partial charge in [-0.25, -0.2) is 4.68 Å². The molecular formula is C21H29N3O4. The van der Waals surface area contributed by atoms with Gasteiger partial charge in [-0.05, 0) is 50.4 Å². The molecule has 1 aliphatic rings. The molecule has 7 heteroatoms. The molecule has 0 aliphatic carbocycles. The predicted molar refractivity (Wildman–Crippen MR) is 108 cm³/mol. The van der Waals surface area contributed by atoms with Crippen molar-refractivity contribution in [2.45, 2.75) is 39.0 Å². The van der Waals surface area contributed by atoms with Gasteiger partial charge >= 0.3 is 0 Å². The molecule has 0 amide bonds. The van der Waals surface area contributed by atoms with Gasteiger partial charge in [0.1, 0.15) is 12.5 Å². The van der Waals surface area contributed by atoms with Crippen LogP contribution in [0.5, 0.6) is 11.5 Å². The fourth-order valence-electron chi connectivity index (χ4n) is 3.61. The maximum absolute atomic E-state index is 12.7. The first-order valence-electron chi connectivity index (χ1n) is 9.74. The fourth-order valence-corrected chi connectivity index (χ4v) is 3.61. The number of methoxy groups -OCH3 is 2. The third-order valence-corrected chi connectivity index (χ3v) is 5.17. The van der Waals surface area contributed by atoms with Crippen molar-refractivity contribution in [2.24, 2.45) is 0 Å². The summed E-state index contributed by atoms with van der Waals surface area (Å²) in [5, 5.41) is 4.06. The minimum absolute atomic E-state index is 0.0899. The van der Waals surface area contributed by atoms with E-state index >= 15 is 0 Å². The van der Waals surface area contributed by atoms with Crippen LogP contribution in [0, 0.1) is 0 Å². The summed E-state index contributed by atoms with van der Waals surface area (Å²) in [6.07, 6.45) is 5.13. The van der Waals surface area contributed by atoms with Crippen LogP contribution < -0.4 is 15.0 Å². The number of likely N-dealkylation sites (tertiary alicyclic amines) is 1. The molecule has 28 heavy (non-hydrogen) atoms. The van der Waals surface area contributed by atoms with Gasteiger partial charge in [0.25, 0.3) is 5.56 Å². The summed E-state index contributed by atoms with van der Waals surface area (Å²) in [5.41, 5.74) is 0.964. The lowest BCUT2D eigenvalue weighted by Gasteiger charge is -2.20. The zero-order chi connectivity index (χ0) is 19.9. The van der Waals surface area contributed by atoms with Gasteiger partial charge in [0, 0.05) is 19.7 Å². The molecule has 1 unspecified atom stereocenters. The Morgan fingerprint density at radius 1 is 1.21 bits per heavy atom. The van der Waals surface area contributed by atoms with E-state index in [1.54, 1.807) is 0 Å². The molecule has 1 aromatic heterocycles. The normalized spacial score (nSPS) is 17.0. The number of rotatable bonds is 9. The monoisotopic (exact) mass is 387 g/mol. The zero-order valence-corrected chi connectivity index (χ0v) is 16.9. The van der Waals surface area contributed by atoms with E-state index in [0.29, 0.717) is 24.0 Å². The van der Waals surface area contributed by atoms with E-state index in [-0.39, 0.29) is 12.3 Å². The molecule has 0 spiro atoms. The van der Waals surface area contributed by atoms with Crippen LogP contribution in [0.15, 0.2) is 35.3 Å². The van der Waals surface area contributed by atoms with E-state index in [9.17, 15) is 4.79 Å². The van der Waals surface area contributed by atoms with Crippen LogP contribution in [0.4, 0.5) is 0 Å². The molecule has 1 aliphatic heterocycles. The van der Waals surface area contributed by atoms with E-state index in [1.165, 1.54) is 44.5 Å². The molecule has 7 nitrogen and oxygen atoms in total. The predicted octanol–water partition coefficient (Wildman–Crippen LogP) is 2.78. The van der Waals surface area contributed by atoms with E-state index < -0.39 is 0 Å². The van der Waals surface area contributed by atoms with Gasteiger partial charge in [0.05, 0.1) is 25.5 Å². The molecular weight excluding hydrogens is 358 g/mol. The standard InChI is InChI=1S/C21H29N3O4/c1-16-6-4-11-23(16)12-5-13-28-18-9-7-17(8-10-18)20-19(27-3)14-22-24(15-26-2)21(20)25/h7-10,14,16H,4-6,11-13,15H2,1-3H3. The van der Waals surface area contributed by atoms with Gasteiger partial charge in [-0.3, -0.25) is 4.79 Å². The van der Waals surface area contributed by atoms with Crippen molar-refractivity contribution in [3.8, 4) is 22.6 Å². The van der Waals surface area contributed by atoms with E-state index in [4.69, 9.17) is 14.2 Å². The minimum atomic E-state index is -0.255. The average Bonchev–Trinajstić information content (AvgIpc) is 3.12. The van der Waals surface area contributed by atoms with E-state index in [2.05, 4.69) is 16.9 Å². The Labute approximate surface area is 165 Å². The van der Waals surface area contributed by atoms with Crippen molar-refractivity contribution in [3.05, 3.63) is 40.8 Å². The van der Waals surface area contributed by atoms with Gasteiger partial charge in [-0.1, -0.05) is 12.1 Å². The van der Waals surface area contributed by atoms with Crippen molar-refractivity contribution >= 4 is 0 Å². The number of nitrogens with zero attached hydrogens (tertiary/aromatic N) is 3. The van der Waals surface area contributed by atoms with Crippen LogP contribution in [0.25, 0.3) is 11.1 Å². The highest BCUT2D eigenvalue weighted by Crippen LogP contribution is 2.27. The van der Waals surface area contributed by atoms with Gasteiger partial charge in [0.15, 0.2) is 5.75 Å². The number of aromatic nitrogens is 2. The summed E-state index contributed by atoms with van der Waals surface area (Å²) in [6.45, 7) is 5.34. The minimum Gasteiger partial charge on any atom is -0.494 e. The lowest BCUT2D eigenvalue weighted by molar-refractivity contribution is 0.116. The van der Waals surface area contributed by atoms with Crippen molar-refractivity contribution in [3.63, 3.8) is 0 Å². The zero-order valence-electron chi connectivity index (χ0n) is 16.9. The highest BCUT2D eigenvalue weighted by Gasteiger charge is 2.19. The highest BCUT2D eigenvalue weighted by molar-refractivity contribution is 5.69. The molecule has 152 valence electrons. The van der Waals surface area contributed by atoms with Crippen molar-refractivity contribution in [1.29, 1.82) is 0 Å². The summed E-state index contributed by atoms with van der Waals surface area (Å²) < 4.78 is 17.5. The number of hydrogen-bond acceptors (Lipinski definition) is 6. The topological polar surface area (TPSA) is 65.8 Å². The Bertz CT molecular complexity index is 819. The summed E-state index contributed by atoms with van der Waals surface area (Å²) in [4.78, 5) is 15.2. The summed E-state index contributed by atoms with van der Waals surface area (Å²) >= 11 is 0. The lowest BCUT2D eigenvalue weighted by Crippen LogP contribution is -2.28. The first kappa shape index (κ1) is 20.4. The molecule has 0 radical (unpaired) electrons. The van der Waals surface area contributed by atoms with Crippen LogP contribution in [-0.4, -0.2) is 54.6 Å². The highest BCUT2D eigenvalue weighted by atomic mass is 16.5. The summed E-state index contributed by atoms with van der Waals surface area (Å²) in [7, 11) is 3.05. The second-order valence-corrected chi connectivity index (χ2v) is 7.06. The Kier molecular flexibility index (Phi) is 7.06. The summed E-state index contributed by atoms with van der Waals surface area (Å²) in [6, 6.07) is 8.20. The van der Waals surface area contributed by atoms with Crippen LogP contribution in [-0.2, 0) is 11.5 Å². The molecule has 0 saturated carbocycles. The largest absolute Gasteiger partial charge is 0.494 e. The molecule has 0 bridgehead atoms. The first-order chi connectivity index (χ1) is 13.6. The number of hydrogen-bond donors (Lipinski definition) is 0. The van der Waals surface area contributed by atoms with Crippen molar-refractivity contribution in [1.82, 2.24) is 14.7 Å². The van der Waals surface area contributed by atoms with Crippen molar-refractivity contribution < 1.29 is 14.2 Å². The molecule has 2 aromatic rings. The van der Waals surface area contributed by atoms with Crippen molar-refractivity contribution in [2.75, 3.05) is 33.9 Å². The summed E-state index contributed by atoms with van der Waals surface area (Å²) in [5.74, 6) is 1.23. The van der Waals surface area contributed by atoms with Gasteiger partial charge < -0.3 is 19.1 Å². The molecule has 3 rings (SSSR count). The van der Waals surface area contributed by atoms with Gasteiger partial charge in [0.2, 0.25) is 0 Å². The molecule has 0 N–H and O–H groups in total. The maximum atomic E-state index is 12.7. The smallest absolute Gasteiger partial charge is 0.280 e. The molecule has 1 aromatic carbocycles. The van der Waals surface area contributed by atoms with Crippen LogP contribution in [0.3, 0.4) is 0 Å². The second-order valence-electron chi connectivity index (χ2n) is 7.06. The molecule has 1 atom stereocenters. The molecule has 2 heterocycles. The van der Waals surface area contributed by atoms with Gasteiger partial charge in [-0.2, -0.15) is 5.10 Å². The van der Waals surface area contributed by atoms with Crippen LogP contribution >= 0.6 is 0 Å². The van der Waals surface area contributed by atoms with E-state index in [1.807, 2.05) is 24.3 Å². The molecule has 1 saturated heterocycles. The Morgan fingerprint density at radius 2 is 2.00 bits per heavy atom. The SMILES string of the molecule is COCn1ncc(OC)c(-c2ccc(OCCCN3CCCC3C)cc2)c1=O. The van der Waals surface area contributed by atoms with Crippen LogP contribution in [0.2, 0.25) is 0 Å². The van der Waals surface area contributed by atoms with E-state index in [0.717, 1.165) is 24.3 Å². The number of ether oxygens (including phenoxy) is 3. The Hall–Kier alpha value is -2.38. The van der Waals surface area contributed by atoms with Crippen LogP contribution in [0.1, 0.15) is 26.2 Å². The lowest BCUT2D eigenvalue weighted by atomic mass is 10.1.